The van der Waals surface area contributed by atoms with Gasteiger partial charge in [0.2, 0.25) is 0 Å². The zero-order valence-electron chi connectivity index (χ0n) is 17.6. The number of rotatable bonds is 7. The van der Waals surface area contributed by atoms with Crippen LogP contribution >= 0.6 is 11.3 Å². The van der Waals surface area contributed by atoms with Crippen LogP contribution in [0.4, 0.5) is 13.9 Å². The summed E-state index contributed by atoms with van der Waals surface area (Å²) in [4.78, 5) is 21.7. The summed E-state index contributed by atoms with van der Waals surface area (Å²) in [6.07, 6.45) is 2.31. The van der Waals surface area contributed by atoms with Crippen molar-refractivity contribution in [3.05, 3.63) is 41.7 Å². The van der Waals surface area contributed by atoms with Crippen LogP contribution in [0.5, 0.6) is 0 Å². The van der Waals surface area contributed by atoms with Crippen molar-refractivity contribution in [3.63, 3.8) is 0 Å². The van der Waals surface area contributed by atoms with Gasteiger partial charge in [-0.05, 0) is 32.4 Å². The lowest BCUT2D eigenvalue weighted by Gasteiger charge is -2.28. The van der Waals surface area contributed by atoms with Gasteiger partial charge in [0.1, 0.15) is 17.0 Å². The van der Waals surface area contributed by atoms with Gasteiger partial charge in [-0.2, -0.15) is 5.10 Å². The Bertz CT molecular complexity index is 1060. The number of benzene rings is 1. The number of fused-ring (bicyclic) bond motifs is 1. The van der Waals surface area contributed by atoms with Crippen molar-refractivity contribution >= 4 is 32.6 Å². The van der Waals surface area contributed by atoms with E-state index in [0.717, 1.165) is 37.0 Å². The van der Waals surface area contributed by atoms with Crippen LogP contribution in [0.25, 0.3) is 10.2 Å². The molecule has 3 heterocycles. The number of carbonyl (C=O) groups is 1. The van der Waals surface area contributed by atoms with Gasteiger partial charge in [0, 0.05) is 44.5 Å². The van der Waals surface area contributed by atoms with Crippen molar-refractivity contribution in [2.75, 3.05) is 44.3 Å². The van der Waals surface area contributed by atoms with E-state index in [0.29, 0.717) is 41.7 Å². The monoisotopic (exact) mass is 449 g/mol. The summed E-state index contributed by atoms with van der Waals surface area (Å²) in [5, 5.41) is 4.61. The largest absolute Gasteiger partial charge is 0.379 e. The number of anilines is 1. The second-order valence-corrected chi connectivity index (χ2v) is 8.76. The zero-order valence-corrected chi connectivity index (χ0v) is 18.4. The lowest BCUT2D eigenvalue weighted by molar-refractivity contribution is 0.0376. The molecule has 10 heteroatoms. The summed E-state index contributed by atoms with van der Waals surface area (Å²) in [7, 11) is 0. The number of ether oxygens (including phenoxy) is 1. The van der Waals surface area contributed by atoms with Crippen LogP contribution in [0.1, 0.15) is 36.8 Å². The highest BCUT2D eigenvalue weighted by Crippen LogP contribution is 2.32. The minimum absolute atomic E-state index is 0.00561. The minimum atomic E-state index is -0.731. The fraction of sp³-hybridized carbons (Fsp3) is 0.476. The molecule has 0 unspecified atom stereocenters. The normalized spacial score (nSPS) is 15.1. The first-order valence-corrected chi connectivity index (χ1v) is 11.2. The fourth-order valence-corrected chi connectivity index (χ4v) is 4.68. The highest BCUT2D eigenvalue weighted by molar-refractivity contribution is 7.22. The Hall–Kier alpha value is -2.43. The van der Waals surface area contributed by atoms with Gasteiger partial charge in [0.15, 0.2) is 10.9 Å². The molecular formula is C21H25F2N5O2S. The lowest BCUT2D eigenvalue weighted by atomic mass is 10.3. The lowest BCUT2D eigenvalue weighted by Crippen LogP contribution is -2.39. The van der Waals surface area contributed by atoms with Crippen LogP contribution in [0.2, 0.25) is 0 Å². The quantitative estimate of drug-likeness (QED) is 0.550. The molecule has 1 aliphatic heterocycles. The standard InChI is InChI=1S/C21H25F2N5O2S/c1-14(2)28-17(4-5-24-28)20(29)27(7-3-6-26-8-10-30-11-9-26)21-25-19-16(23)12-15(22)13-18(19)31-21/h4-5,12-14H,3,6-11H2,1-2H3. The number of hydrogen-bond acceptors (Lipinski definition) is 6. The predicted molar refractivity (Wildman–Crippen MR) is 116 cm³/mol. The van der Waals surface area contributed by atoms with Crippen molar-refractivity contribution in [1.82, 2.24) is 19.7 Å². The molecule has 0 bridgehead atoms. The third-order valence-electron chi connectivity index (χ3n) is 5.22. The third kappa shape index (κ3) is 4.76. The molecule has 0 N–H and O–H groups in total. The number of thiazole rings is 1. The van der Waals surface area contributed by atoms with Crippen LogP contribution in [0, 0.1) is 11.6 Å². The molecule has 7 nitrogen and oxygen atoms in total. The Morgan fingerprint density at radius 2 is 2.06 bits per heavy atom. The maximum Gasteiger partial charge on any atom is 0.278 e. The second kappa shape index (κ2) is 9.37. The van der Waals surface area contributed by atoms with Crippen molar-refractivity contribution in [1.29, 1.82) is 0 Å². The van der Waals surface area contributed by atoms with Gasteiger partial charge >= 0.3 is 0 Å². The topological polar surface area (TPSA) is 63.5 Å². The van der Waals surface area contributed by atoms with E-state index in [-0.39, 0.29) is 17.5 Å². The Balaban J connectivity index is 1.62. The first-order valence-electron chi connectivity index (χ1n) is 10.3. The van der Waals surface area contributed by atoms with Gasteiger partial charge in [0.05, 0.1) is 17.9 Å². The Kier molecular flexibility index (Phi) is 6.59. The van der Waals surface area contributed by atoms with E-state index in [4.69, 9.17) is 4.74 Å². The summed E-state index contributed by atoms with van der Waals surface area (Å²) in [5.74, 6) is -1.65. The number of carbonyl (C=O) groups excluding carboxylic acids is 1. The van der Waals surface area contributed by atoms with Crippen molar-refractivity contribution in [2.24, 2.45) is 0 Å². The van der Waals surface area contributed by atoms with E-state index in [1.807, 2.05) is 13.8 Å². The maximum atomic E-state index is 14.2. The van der Waals surface area contributed by atoms with Gasteiger partial charge in [0.25, 0.3) is 5.91 Å². The Morgan fingerprint density at radius 3 is 2.81 bits per heavy atom. The number of amides is 1. The summed E-state index contributed by atoms with van der Waals surface area (Å²) in [6.45, 7) is 8.25. The molecule has 0 radical (unpaired) electrons. The molecule has 1 aliphatic rings. The summed E-state index contributed by atoms with van der Waals surface area (Å²) < 4.78 is 35.3. The number of aromatic nitrogens is 3. The van der Waals surface area contributed by atoms with Crippen LogP contribution in [-0.4, -0.2) is 65.0 Å². The van der Waals surface area contributed by atoms with Gasteiger partial charge in [-0.15, -0.1) is 0 Å². The highest BCUT2D eigenvalue weighted by atomic mass is 32.1. The first-order chi connectivity index (χ1) is 14.9. The highest BCUT2D eigenvalue weighted by Gasteiger charge is 2.26. The van der Waals surface area contributed by atoms with E-state index < -0.39 is 11.6 Å². The van der Waals surface area contributed by atoms with Crippen molar-refractivity contribution < 1.29 is 18.3 Å². The fourth-order valence-electron chi connectivity index (χ4n) is 3.66. The minimum Gasteiger partial charge on any atom is -0.379 e. The molecule has 166 valence electrons. The molecule has 0 spiro atoms. The molecule has 0 aliphatic carbocycles. The van der Waals surface area contributed by atoms with Gasteiger partial charge < -0.3 is 4.74 Å². The molecule has 2 aromatic heterocycles. The average molecular weight is 450 g/mol. The molecule has 1 aromatic carbocycles. The van der Waals surface area contributed by atoms with E-state index in [1.54, 1.807) is 21.8 Å². The van der Waals surface area contributed by atoms with Crippen LogP contribution in [-0.2, 0) is 4.74 Å². The van der Waals surface area contributed by atoms with Crippen LogP contribution in [0.15, 0.2) is 24.4 Å². The molecule has 31 heavy (non-hydrogen) atoms. The molecule has 1 fully saturated rings. The van der Waals surface area contributed by atoms with Crippen LogP contribution < -0.4 is 4.90 Å². The summed E-state index contributed by atoms with van der Waals surface area (Å²) >= 11 is 1.11. The van der Waals surface area contributed by atoms with E-state index in [1.165, 1.54) is 6.07 Å². The summed E-state index contributed by atoms with van der Waals surface area (Å²) in [6, 6.07) is 3.73. The second-order valence-electron chi connectivity index (χ2n) is 7.75. The Labute approximate surface area is 183 Å². The van der Waals surface area contributed by atoms with E-state index in [2.05, 4.69) is 15.0 Å². The Morgan fingerprint density at radius 1 is 1.29 bits per heavy atom. The maximum absolute atomic E-state index is 14.2. The third-order valence-corrected chi connectivity index (χ3v) is 6.24. The zero-order chi connectivity index (χ0) is 22.0. The summed E-state index contributed by atoms with van der Waals surface area (Å²) in [5.41, 5.74) is 0.511. The molecule has 1 amide bonds. The smallest absolute Gasteiger partial charge is 0.278 e. The SMILES string of the molecule is CC(C)n1nccc1C(=O)N(CCCN1CCOCC1)c1nc2c(F)cc(F)cc2s1. The van der Waals surface area contributed by atoms with E-state index in [9.17, 15) is 13.6 Å². The van der Waals surface area contributed by atoms with Crippen molar-refractivity contribution in [3.8, 4) is 0 Å². The van der Waals surface area contributed by atoms with E-state index >= 15 is 0 Å². The molecule has 3 aromatic rings. The first kappa shape index (κ1) is 21.8. The van der Waals surface area contributed by atoms with Gasteiger partial charge in [-0.1, -0.05) is 11.3 Å². The average Bonchev–Trinajstić information content (AvgIpc) is 3.39. The number of nitrogens with zero attached hydrogens (tertiary/aromatic N) is 5. The number of morpholine rings is 1. The van der Waals surface area contributed by atoms with Crippen molar-refractivity contribution in [2.45, 2.75) is 26.3 Å². The number of halogens is 2. The molecule has 0 atom stereocenters. The molecule has 4 rings (SSSR count). The van der Waals surface area contributed by atoms with Gasteiger partial charge in [-0.25, -0.2) is 13.8 Å². The van der Waals surface area contributed by atoms with Crippen LogP contribution in [0.3, 0.4) is 0 Å². The molecule has 1 saturated heterocycles. The molecule has 0 saturated carbocycles. The molecular weight excluding hydrogens is 424 g/mol. The predicted octanol–water partition coefficient (Wildman–Crippen LogP) is 3.72. The number of hydrogen-bond donors (Lipinski definition) is 0. The van der Waals surface area contributed by atoms with Gasteiger partial charge in [-0.3, -0.25) is 19.3 Å².